The maximum atomic E-state index is 5.67. The summed E-state index contributed by atoms with van der Waals surface area (Å²) in [5.74, 6) is 0. The van der Waals surface area contributed by atoms with Gasteiger partial charge in [0, 0.05) is 10.8 Å². The van der Waals surface area contributed by atoms with E-state index < -0.39 is 0 Å². The second-order valence-electron chi connectivity index (χ2n) is 4.63. The number of aryl methyl sites for hydroxylation is 2. The van der Waals surface area contributed by atoms with Gasteiger partial charge in [-0.05, 0) is 35.2 Å². The van der Waals surface area contributed by atoms with Crippen molar-refractivity contribution in [3.8, 4) is 0 Å². The Balaban J connectivity index is 2.76. The lowest BCUT2D eigenvalue weighted by Gasteiger charge is -2.03. The van der Waals surface area contributed by atoms with Gasteiger partial charge in [-0.2, -0.15) is 0 Å². The number of hydrogen-bond donors (Lipinski definition) is 0. The maximum Gasteiger partial charge on any atom is 0.142 e. The SMILES string of the molecule is C=c1c(=C)c2c(C)coc2c2ccc(C)cc12. The molecule has 0 N–H and O–H groups in total. The fraction of sp³-hybridized carbons (Fsp3) is 0.125. The van der Waals surface area contributed by atoms with Crippen LogP contribution in [0, 0.1) is 13.8 Å². The molecule has 0 bridgehead atoms. The minimum absolute atomic E-state index is 0.926. The summed E-state index contributed by atoms with van der Waals surface area (Å²) in [6.07, 6.45) is 1.79. The van der Waals surface area contributed by atoms with Gasteiger partial charge in [0.1, 0.15) is 5.58 Å². The summed E-state index contributed by atoms with van der Waals surface area (Å²) in [6.45, 7) is 12.4. The zero-order chi connectivity index (χ0) is 12.2. The molecule has 0 aliphatic rings. The summed E-state index contributed by atoms with van der Waals surface area (Å²) in [5, 5.41) is 5.34. The van der Waals surface area contributed by atoms with Crippen molar-refractivity contribution in [3.63, 3.8) is 0 Å². The Kier molecular flexibility index (Phi) is 1.93. The summed E-state index contributed by atoms with van der Waals surface area (Å²) in [6, 6.07) is 6.34. The van der Waals surface area contributed by atoms with Crippen LogP contribution in [-0.4, -0.2) is 0 Å². The van der Waals surface area contributed by atoms with Gasteiger partial charge in [-0.1, -0.05) is 36.9 Å². The predicted molar refractivity (Wildman–Crippen MR) is 73.5 cm³/mol. The minimum Gasteiger partial charge on any atom is -0.463 e. The van der Waals surface area contributed by atoms with Crippen LogP contribution < -0.4 is 10.4 Å². The highest BCUT2D eigenvalue weighted by Crippen LogP contribution is 2.24. The van der Waals surface area contributed by atoms with E-state index in [0.29, 0.717) is 0 Å². The van der Waals surface area contributed by atoms with Crippen LogP contribution in [0.3, 0.4) is 0 Å². The molecule has 0 radical (unpaired) electrons. The molecule has 17 heavy (non-hydrogen) atoms. The minimum atomic E-state index is 0.926. The molecular formula is C16H14O. The van der Waals surface area contributed by atoms with Gasteiger partial charge in [0.05, 0.1) is 6.26 Å². The van der Waals surface area contributed by atoms with Gasteiger partial charge in [-0.25, -0.2) is 0 Å². The van der Waals surface area contributed by atoms with Crippen LogP contribution >= 0.6 is 0 Å². The molecule has 0 amide bonds. The maximum absolute atomic E-state index is 5.67. The number of rotatable bonds is 0. The average molecular weight is 222 g/mol. The third kappa shape index (κ3) is 1.26. The van der Waals surface area contributed by atoms with Crippen LogP contribution in [0.2, 0.25) is 0 Å². The molecule has 1 heteroatoms. The molecular weight excluding hydrogens is 208 g/mol. The molecule has 0 aliphatic carbocycles. The Morgan fingerprint density at radius 3 is 2.53 bits per heavy atom. The predicted octanol–water partition coefficient (Wildman–Crippen LogP) is 3.02. The summed E-state index contributed by atoms with van der Waals surface area (Å²) in [5.41, 5.74) is 3.27. The normalized spacial score (nSPS) is 11.4. The fourth-order valence-electron chi connectivity index (χ4n) is 2.44. The second kappa shape index (κ2) is 3.24. The highest BCUT2D eigenvalue weighted by atomic mass is 16.3. The molecule has 3 rings (SSSR count). The van der Waals surface area contributed by atoms with Crippen molar-refractivity contribution in [2.24, 2.45) is 0 Å². The van der Waals surface area contributed by atoms with Gasteiger partial charge in [-0.3, -0.25) is 0 Å². The van der Waals surface area contributed by atoms with Crippen molar-refractivity contribution in [1.82, 2.24) is 0 Å². The van der Waals surface area contributed by atoms with Gasteiger partial charge in [0.15, 0.2) is 0 Å². The summed E-state index contributed by atoms with van der Waals surface area (Å²) < 4.78 is 5.67. The van der Waals surface area contributed by atoms with E-state index in [-0.39, 0.29) is 0 Å². The van der Waals surface area contributed by atoms with E-state index in [1.807, 2.05) is 6.92 Å². The number of fused-ring (bicyclic) bond motifs is 3. The first-order valence-electron chi connectivity index (χ1n) is 5.67. The molecule has 84 valence electrons. The van der Waals surface area contributed by atoms with Crippen LogP contribution in [0.15, 0.2) is 28.9 Å². The smallest absolute Gasteiger partial charge is 0.142 e. The topological polar surface area (TPSA) is 13.1 Å². The third-order valence-corrected chi connectivity index (χ3v) is 3.39. The number of benzene rings is 2. The van der Waals surface area contributed by atoms with Gasteiger partial charge in [-0.15, -0.1) is 0 Å². The van der Waals surface area contributed by atoms with Gasteiger partial charge < -0.3 is 4.42 Å². The number of hydrogen-bond acceptors (Lipinski definition) is 1. The van der Waals surface area contributed by atoms with E-state index in [9.17, 15) is 0 Å². The average Bonchev–Trinajstić information content (AvgIpc) is 2.68. The highest BCUT2D eigenvalue weighted by Gasteiger charge is 2.09. The van der Waals surface area contributed by atoms with E-state index in [1.165, 1.54) is 5.56 Å². The lowest BCUT2D eigenvalue weighted by molar-refractivity contribution is 0.616. The second-order valence-corrected chi connectivity index (χ2v) is 4.63. The van der Waals surface area contributed by atoms with Crippen molar-refractivity contribution in [2.45, 2.75) is 13.8 Å². The Hall–Kier alpha value is -2.02. The van der Waals surface area contributed by atoms with E-state index in [1.54, 1.807) is 6.26 Å². The Morgan fingerprint density at radius 1 is 1.00 bits per heavy atom. The van der Waals surface area contributed by atoms with Gasteiger partial charge in [0.2, 0.25) is 0 Å². The monoisotopic (exact) mass is 222 g/mol. The third-order valence-electron chi connectivity index (χ3n) is 3.39. The summed E-state index contributed by atoms with van der Waals surface area (Å²) in [4.78, 5) is 0. The molecule has 0 fully saturated rings. The van der Waals surface area contributed by atoms with Crippen molar-refractivity contribution < 1.29 is 4.42 Å². The first-order chi connectivity index (χ1) is 8.09. The standard InChI is InChI=1S/C16H14O/c1-9-5-6-13-14(7-9)11(3)12(4)15-10(2)8-17-16(13)15/h5-8H,3-4H2,1-2H3. The summed E-state index contributed by atoms with van der Waals surface area (Å²) >= 11 is 0. The highest BCUT2D eigenvalue weighted by molar-refractivity contribution is 6.05. The Morgan fingerprint density at radius 2 is 1.76 bits per heavy atom. The van der Waals surface area contributed by atoms with Crippen LogP contribution in [0.5, 0.6) is 0 Å². The van der Waals surface area contributed by atoms with Crippen molar-refractivity contribution >= 4 is 34.9 Å². The molecule has 3 aromatic rings. The van der Waals surface area contributed by atoms with E-state index in [0.717, 1.165) is 37.7 Å². The molecule has 1 aromatic heterocycles. The molecule has 1 heterocycles. The first-order valence-corrected chi connectivity index (χ1v) is 5.67. The van der Waals surface area contributed by atoms with Crippen LogP contribution in [0.4, 0.5) is 0 Å². The quantitative estimate of drug-likeness (QED) is 0.570. The lowest BCUT2D eigenvalue weighted by Crippen LogP contribution is -2.23. The first kappa shape index (κ1) is 10.2. The Bertz CT molecular complexity index is 837. The van der Waals surface area contributed by atoms with Crippen LogP contribution in [0.25, 0.3) is 34.9 Å². The van der Waals surface area contributed by atoms with E-state index in [4.69, 9.17) is 4.42 Å². The number of furan rings is 1. The Labute approximate surface area is 99.7 Å². The molecule has 0 saturated carbocycles. The van der Waals surface area contributed by atoms with Gasteiger partial charge >= 0.3 is 0 Å². The lowest BCUT2D eigenvalue weighted by atomic mass is 10.0. The molecule has 2 aromatic carbocycles. The molecule has 0 atom stereocenters. The molecule has 0 spiro atoms. The molecule has 0 unspecified atom stereocenters. The van der Waals surface area contributed by atoms with Crippen LogP contribution in [0.1, 0.15) is 11.1 Å². The van der Waals surface area contributed by atoms with E-state index >= 15 is 0 Å². The molecule has 1 nitrogen and oxygen atoms in total. The largest absolute Gasteiger partial charge is 0.463 e. The van der Waals surface area contributed by atoms with Crippen LogP contribution in [-0.2, 0) is 0 Å². The van der Waals surface area contributed by atoms with Crippen molar-refractivity contribution in [1.29, 1.82) is 0 Å². The van der Waals surface area contributed by atoms with Gasteiger partial charge in [0.25, 0.3) is 0 Å². The summed E-state index contributed by atoms with van der Waals surface area (Å²) in [7, 11) is 0. The fourth-order valence-corrected chi connectivity index (χ4v) is 2.44. The van der Waals surface area contributed by atoms with E-state index in [2.05, 4.69) is 38.3 Å². The van der Waals surface area contributed by atoms with Crippen molar-refractivity contribution in [3.05, 3.63) is 46.0 Å². The zero-order valence-electron chi connectivity index (χ0n) is 10.1. The molecule has 0 saturated heterocycles. The molecule has 0 aliphatic heterocycles. The zero-order valence-corrected chi connectivity index (χ0v) is 10.1. The van der Waals surface area contributed by atoms with Crippen molar-refractivity contribution in [2.75, 3.05) is 0 Å².